The topological polar surface area (TPSA) is 81.4 Å². The number of methoxy groups -OCH3 is 1. The lowest BCUT2D eigenvalue weighted by molar-refractivity contribution is 0.412. The summed E-state index contributed by atoms with van der Waals surface area (Å²) in [4.78, 5) is 0.162. The van der Waals surface area contributed by atoms with Crippen LogP contribution in [0, 0.1) is 6.92 Å². The summed E-state index contributed by atoms with van der Waals surface area (Å²) >= 11 is 3.32. The van der Waals surface area contributed by atoms with E-state index in [4.69, 9.17) is 10.5 Å². The van der Waals surface area contributed by atoms with Crippen LogP contribution in [0.4, 0.5) is 11.4 Å². The molecular formula is C14H15BrN2O3S. The molecule has 21 heavy (non-hydrogen) atoms. The molecule has 7 heteroatoms. The summed E-state index contributed by atoms with van der Waals surface area (Å²) in [7, 11) is -2.15. The first kappa shape index (κ1) is 15.7. The Labute approximate surface area is 132 Å². The Morgan fingerprint density at radius 1 is 1.24 bits per heavy atom. The normalized spacial score (nSPS) is 11.2. The summed E-state index contributed by atoms with van der Waals surface area (Å²) < 4.78 is 33.2. The lowest BCUT2D eigenvalue weighted by atomic mass is 10.2. The quantitative estimate of drug-likeness (QED) is 0.809. The lowest BCUT2D eigenvalue weighted by Crippen LogP contribution is -2.15. The molecule has 2 rings (SSSR count). The van der Waals surface area contributed by atoms with Crippen LogP contribution in [0.15, 0.2) is 45.8 Å². The number of sulfonamides is 1. The summed E-state index contributed by atoms with van der Waals surface area (Å²) in [5, 5.41) is 0. The molecule has 0 heterocycles. The number of anilines is 2. The van der Waals surface area contributed by atoms with Gasteiger partial charge in [-0.15, -0.1) is 0 Å². The molecule has 0 amide bonds. The lowest BCUT2D eigenvalue weighted by Gasteiger charge is -2.12. The van der Waals surface area contributed by atoms with Crippen molar-refractivity contribution in [2.24, 2.45) is 0 Å². The largest absolute Gasteiger partial charge is 0.496 e. The monoisotopic (exact) mass is 370 g/mol. The van der Waals surface area contributed by atoms with Gasteiger partial charge in [-0.3, -0.25) is 4.72 Å². The molecule has 0 fully saturated rings. The predicted molar refractivity (Wildman–Crippen MR) is 87.1 cm³/mol. The SMILES string of the molecule is COc1ccc(NS(=O)(=O)c2cccc(N)c2C)cc1Br. The molecule has 2 aromatic rings. The molecular weight excluding hydrogens is 356 g/mol. The fraction of sp³-hybridized carbons (Fsp3) is 0.143. The Hall–Kier alpha value is -1.73. The van der Waals surface area contributed by atoms with Gasteiger partial charge in [0.1, 0.15) is 5.75 Å². The predicted octanol–water partition coefficient (Wildman–Crippen LogP) is 3.15. The van der Waals surface area contributed by atoms with Gasteiger partial charge in [-0.2, -0.15) is 0 Å². The second-order valence-electron chi connectivity index (χ2n) is 4.43. The van der Waals surface area contributed by atoms with Gasteiger partial charge in [0.15, 0.2) is 0 Å². The van der Waals surface area contributed by atoms with E-state index in [1.165, 1.54) is 6.07 Å². The minimum atomic E-state index is -3.69. The Balaban J connectivity index is 2.38. The van der Waals surface area contributed by atoms with Gasteiger partial charge >= 0.3 is 0 Å². The third-order valence-corrected chi connectivity index (χ3v) is 5.16. The van der Waals surface area contributed by atoms with Crippen LogP contribution >= 0.6 is 15.9 Å². The molecule has 0 atom stereocenters. The van der Waals surface area contributed by atoms with Gasteiger partial charge < -0.3 is 10.5 Å². The highest BCUT2D eigenvalue weighted by Gasteiger charge is 2.18. The third-order valence-electron chi connectivity index (χ3n) is 3.02. The Morgan fingerprint density at radius 3 is 2.57 bits per heavy atom. The zero-order chi connectivity index (χ0) is 15.6. The van der Waals surface area contributed by atoms with E-state index in [0.717, 1.165) is 0 Å². The first-order valence-electron chi connectivity index (χ1n) is 6.06. The molecule has 0 aliphatic carbocycles. The first-order valence-corrected chi connectivity index (χ1v) is 8.34. The smallest absolute Gasteiger partial charge is 0.262 e. The van der Waals surface area contributed by atoms with E-state index in [1.807, 2.05) is 0 Å². The van der Waals surface area contributed by atoms with Gasteiger partial charge in [-0.1, -0.05) is 6.07 Å². The molecule has 0 unspecified atom stereocenters. The van der Waals surface area contributed by atoms with Gasteiger partial charge in [0.25, 0.3) is 10.0 Å². The average Bonchev–Trinajstić information content (AvgIpc) is 2.41. The number of rotatable bonds is 4. The van der Waals surface area contributed by atoms with Gasteiger partial charge in [0.2, 0.25) is 0 Å². The van der Waals surface area contributed by atoms with Crippen LogP contribution in [0.5, 0.6) is 5.75 Å². The molecule has 5 nitrogen and oxygen atoms in total. The Kier molecular flexibility index (Phi) is 4.43. The van der Waals surface area contributed by atoms with Crippen LogP contribution in [-0.4, -0.2) is 15.5 Å². The van der Waals surface area contributed by atoms with Gasteiger partial charge in [-0.25, -0.2) is 8.42 Å². The van der Waals surface area contributed by atoms with Crippen LogP contribution in [0.25, 0.3) is 0 Å². The van der Waals surface area contributed by atoms with E-state index in [0.29, 0.717) is 27.2 Å². The highest BCUT2D eigenvalue weighted by atomic mass is 79.9. The zero-order valence-electron chi connectivity index (χ0n) is 11.6. The fourth-order valence-electron chi connectivity index (χ4n) is 1.86. The molecule has 0 spiro atoms. The minimum Gasteiger partial charge on any atom is -0.496 e. The summed E-state index contributed by atoms with van der Waals surface area (Å²) in [6.07, 6.45) is 0. The van der Waals surface area contributed by atoms with Gasteiger partial charge in [-0.05, 0) is 58.7 Å². The van der Waals surface area contributed by atoms with Crippen LogP contribution < -0.4 is 15.2 Å². The molecule has 112 valence electrons. The maximum absolute atomic E-state index is 12.4. The van der Waals surface area contributed by atoms with Crippen LogP contribution in [0.1, 0.15) is 5.56 Å². The van der Waals surface area contributed by atoms with Crippen molar-refractivity contribution >= 4 is 37.3 Å². The number of hydrogen-bond acceptors (Lipinski definition) is 4. The second-order valence-corrected chi connectivity index (χ2v) is 6.93. The summed E-state index contributed by atoms with van der Waals surface area (Å²) in [6, 6.07) is 9.74. The van der Waals surface area contributed by atoms with Crippen molar-refractivity contribution in [3.05, 3.63) is 46.4 Å². The molecule has 0 aromatic heterocycles. The molecule has 0 bridgehead atoms. The van der Waals surface area contributed by atoms with Crippen molar-refractivity contribution in [1.82, 2.24) is 0 Å². The molecule has 0 aliphatic rings. The highest BCUT2D eigenvalue weighted by Crippen LogP contribution is 2.29. The molecule has 0 aliphatic heterocycles. The molecule has 0 saturated carbocycles. The molecule has 2 aromatic carbocycles. The number of nitrogens with two attached hydrogens (primary N) is 1. The average molecular weight is 371 g/mol. The molecule has 0 saturated heterocycles. The number of nitrogens with one attached hydrogen (secondary N) is 1. The summed E-state index contributed by atoms with van der Waals surface area (Å²) in [5.41, 5.74) is 7.16. The molecule has 0 radical (unpaired) electrons. The fourth-order valence-corrected chi connectivity index (χ4v) is 3.73. The van der Waals surface area contributed by atoms with E-state index in [9.17, 15) is 8.42 Å². The minimum absolute atomic E-state index is 0.162. The van der Waals surface area contributed by atoms with Crippen molar-refractivity contribution in [3.63, 3.8) is 0 Å². The van der Waals surface area contributed by atoms with Gasteiger partial charge in [0.05, 0.1) is 22.2 Å². The van der Waals surface area contributed by atoms with E-state index < -0.39 is 10.0 Å². The van der Waals surface area contributed by atoms with Gasteiger partial charge in [0, 0.05) is 5.69 Å². The van der Waals surface area contributed by atoms with Crippen molar-refractivity contribution in [1.29, 1.82) is 0 Å². The second kappa shape index (κ2) is 5.95. The van der Waals surface area contributed by atoms with E-state index >= 15 is 0 Å². The van der Waals surface area contributed by atoms with Crippen molar-refractivity contribution in [2.75, 3.05) is 17.6 Å². The summed E-state index contributed by atoms with van der Waals surface area (Å²) in [5.74, 6) is 0.623. The van der Waals surface area contributed by atoms with Crippen molar-refractivity contribution in [3.8, 4) is 5.75 Å². The maximum atomic E-state index is 12.4. The third kappa shape index (κ3) is 3.30. The number of halogens is 1. The van der Waals surface area contributed by atoms with Crippen LogP contribution in [-0.2, 0) is 10.0 Å². The number of nitrogen functional groups attached to an aromatic ring is 1. The Bertz CT molecular complexity index is 776. The maximum Gasteiger partial charge on any atom is 0.262 e. The van der Waals surface area contributed by atoms with Crippen molar-refractivity contribution < 1.29 is 13.2 Å². The van der Waals surface area contributed by atoms with E-state index in [2.05, 4.69) is 20.7 Å². The van der Waals surface area contributed by atoms with E-state index in [1.54, 1.807) is 44.4 Å². The van der Waals surface area contributed by atoms with Crippen LogP contribution in [0.2, 0.25) is 0 Å². The summed E-state index contributed by atoms with van der Waals surface area (Å²) in [6.45, 7) is 1.67. The highest BCUT2D eigenvalue weighted by molar-refractivity contribution is 9.10. The van der Waals surface area contributed by atoms with E-state index in [-0.39, 0.29) is 4.90 Å². The van der Waals surface area contributed by atoms with Crippen molar-refractivity contribution in [2.45, 2.75) is 11.8 Å². The van der Waals surface area contributed by atoms with Crippen LogP contribution in [0.3, 0.4) is 0 Å². The standard InChI is InChI=1S/C14H15BrN2O3S/c1-9-12(16)4-3-5-14(9)21(18,19)17-10-6-7-13(20-2)11(15)8-10/h3-8,17H,16H2,1-2H3. The number of ether oxygens (including phenoxy) is 1. The Morgan fingerprint density at radius 2 is 1.95 bits per heavy atom. The number of hydrogen-bond donors (Lipinski definition) is 2. The molecule has 3 N–H and O–H groups in total. The zero-order valence-corrected chi connectivity index (χ0v) is 14.0. The number of benzene rings is 2. The first-order chi connectivity index (χ1) is 9.85.